The summed E-state index contributed by atoms with van der Waals surface area (Å²) in [7, 11) is 0. The highest BCUT2D eigenvalue weighted by atomic mass is 16.7. The SMILES string of the molecule is O=C1OCc2c1c(-c1ccc3c(c1)OCO3)c1cc(CO)c(CO)cc1c2O[C@@H]1OC[C@H](O)[C@H](O)[C@H]1CO. The molecule has 3 aliphatic heterocycles. The van der Waals surface area contributed by atoms with Crippen molar-refractivity contribution in [1.29, 1.82) is 0 Å². The van der Waals surface area contributed by atoms with Crippen LogP contribution in [0.25, 0.3) is 21.9 Å². The first-order valence-corrected chi connectivity index (χ1v) is 12.1. The van der Waals surface area contributed by atoms with Gasteiger partial charge in [-0.15, -0.1) is 0 Å². The van der Waals surface area contributed by atoms with Gasteiger partial charge in [0.2, 0.25) is 13.1 Å². The Balaban J connectivity index is 1.60. The number of carbonyl (C=O) groups is 1. The minimum atomic E-state index is -1.29. The first-order chi connectivity index (χ1) is 18.4. The van der Waals surface area contributed by atoms with Crippen LogP contribution in [0, 0.1) is 5.92 Å². The number of carbonyl (C=O) groups excluding carboxylic acids is 1. The molecule has 0 saturated carbocycles. The van der Waals surface area contributed by atoms with Crippen LogP contribution in [0.1, 0.15) is 27.0 Å². The van der Waals surface area contributed by atoms with E-state index in [4.69, 9.17) is 23.7 Å². The number of cyclic esters (lactones) is 1. The summed E-state index contributed by atoms with van der Waals surface area (Å²) >= 11 is 0. The molecular weight excluding hydrogens is 500 g/mol. The Hall–Kier alpha value is -3.45. The Morgan fingerprint density at radius 3 is 2.37 bits per heavy atom. The van der Waals surface area contributed by atoms with Gasteiger partial charge in [-0.2, -0.15) is 0 Å². The fourth-order valence-corrected chi connectivity index (χ4v) is 5.29. The van der Waals surface area contributed by atoms with Crippen molar-refractivity contribution in [2.75, 3.05) is 20.0 Å². The van der Waals surface area contributed by atoms with Crippen LogP contribution in [0.15, 0.2) is 30.3 Å². The molecule has 38 heavy (non-hydrogen) atoms. The molecule has 0 aromatic heterocycles. The van der Waals surface area contributed by atoms with Gasteiger partial charge in [-0.05, 0) is 46.3 Å². The van der Waals surface area contributed by atoms with Crippen molar-refractivity contribution in [3.05, 3.63) is 52.6 Å². The first-order valence-electron chi connectivity index (χ1n) is 12.1. The van der Waals surface area contributed by atoms with Gasteiger partial charge in [-0.1, -0.05) is 6.07 Å². The van der Waals surface area contributed by atoms with Crippen molar-refractivity contribution >= 4 is 16.7 Å². The van der Waals surface area contributed by atoms with E-state index < -0.39 is 37.0 Å². The maximum absolute atomic E-state index is 13.1. The minimum Gasteiger partial charge on any atom is -0.463 e. The average molecular weight is 526 g/mol. The van der Waals surface area contributed by atoms with Gasteiger partial charge in [-0.25, -0.2) is 4.79 Å². The lowest BCUT2D eigenvalue weighted by molar-refractivity contribution is -0.225. The zero-order valence-corrected chi connectivity index (χ0v) is 20.1. The van der Waals surface area contributed by atoms with Crippen LogP contribution in [-0.2, 0) is 29.3 Å². The third-order valence-electron chi connectivity index (χ3n) is 7.29. The van der Waals surface area contributed by atoms with Crippen LogP contribution in [0.2, 0.25) is 0 Å². The lowest BCUT2D eigenvalue weighted by atomic mass is 9.87. The smallest absolute Gasteiger partial charge is 0.339 e. The lowest BCUT2D eigenvalue weighted by Crippen LogP contribution is -2.52. The van der Waals surface area contributed by atoms with E-state index in [2.05, 4.69) is 0 Å². The van der Waals surface area contributed by atoms with Crippen LogP contribution in [0.5, 0.6) is 17.2 Å². The van der Waals surface area contributed by atoms with Crippen molar-refractivity contribution in [2.24, 2.45) is 5.92 Å². The van der Waals surface area contributed by atoms with Crippen LogP contribution in [-0.4, -0.2) is 70.0 Å². The molecule has 1 fully saturated rings. The van der Waals surface area contributed by atoms with Gasteiger partial charge in [0.25, 0.3) is 0 Å². The van der Waals surface area contributed by atoms with Crippen LogP contribution in [0.3, 0.4) is 0 Å². The predicted octanol–water partition coefficient (Wildman–Crippen LogP) is 0.956. The molecule has 0 amide bonds. The molecule has 0 radical (unpaired) electrons. The third-order valence-corrected chi connectivity index (χ3v) is 7.29. The zero-order chi connectivity index (χ0) is 26.6. The molecule has 5 N–H and O–H groups in total. The second-order valence-corrected chi connectivity index (χ2v) is 9.41. The Labute approximate surface area is 216 Å². The monoisotopic (exact) mass is 526 g/mol. The summed E-state index contributed by atoms with van der Waals surface area (Å²) in [5, 5.41) is 51.4. The normalized spacial score (nSPS) is 24.0. The molecule has 0 unspecified atom stereocenters. The lowest BCUT2D eigenvalue weighted by Gasteiger charge is -2.37. The molecule has 11 nitrogen and oxygen atoms in total. The van der Waals surface area contributed by atoms with Gasteiger partial charge in [-0.3, -0.25) is 0 Å². The number of hydrogen-bond acceptors (Lipinski definition) is 11. The topological polar surface area (TPSA) is 164 Å². The summed E-state index contributed by atoms with van der Waals surface area (Å²) in [6, 6.07) is 8.63. The third kappa shape index (κ3) is 3.87. The van der Waals surface area contributed by atoms with Crippen molar-refractivity contribution in [3.8, 4) is 28.4 Å². The molecule has 0 bridgehead atoms. The minimum absolute atomic E-state index is 0.0783. The summed E-state index contributed by atoms with van der Waals surface area (Å²) in [4.78, 5) is 13.1. The number of hydrogen-bond donors (Lipinski definition) is 5. The number of aliphatic hydroxyl groups excluding tert-OH is 5. The van der Waals surface area contributed by atoms with Crippen molar-refractivity contribution in [2.45, 2.75) is 38.3 Å². The molecule has 4 atom stereocenters. The number of fused-ring (bicyclic) bond motifs is 3. The van der Waals surface area contributed by atoms with Crippen molar-refractivity contribution < 1.29 is 54.0 Å². The van der Waals surface area contributed by atoms with E-state index in [0.717, 1.165) is 0 Å². The second kappa shape index (κ2) is 9.70. The molecule has 1 saturated heterocycles. The highest BCUT2D eigenvalue weighted by molar-refractivity contribution is 6.13. The van der Waals surface area contributed by atoms with Crippen LogP contribution < -0.4 is 14.2 Å². The van der Waals surface area contributed by atoms with Crippen LogP contribution >= 0.6 is 0 Å². The molecule has 11 heteroatoms. The number of esters is 1. The van der Waals surface area contributed by atoms with Crippen molar-refractivity contribution in [1.82, 2.24) is 0 Å². The van der Waals surface area contributed by atoms with E-state index in [9.17, 15) is 30.3 Å². The van der Waals surface area contributed by atoms with E-state index in [1.165, 1.54) is 0 Å². The van der Waals surface area contributed by atoms with Crippen molar-refractivity contribution in [3.63, 3.8) is 0 Å². The number of aliphatic hydroxyl groups is 5. The number of benzene rings is 3. The molecule has 0 spiro atoms. The van der Waals surface area contributed by atoms with E-state index in [1.807, 2.05) is 0 Å². The second-order valence-electron chi connectivity index (χ2n) is 9.41. The maximum atomic E-state index is 13.1. The Kier molecular flexibility index (Phi) is 6.34. The highest BCUT2D eigenvalue weighted by Crippen LogP contribution is 2.48. The van der Waals surface area contributed by atoms with Gasteiger partial charge >= 0.3 is 5.97 Å². The quantitative estimate of drug-likeness (QED) is 0.291. The Morgan fingerprint density at radius 2 is 1.63 bits per heavy atom. The largest absolute Gasteiger partial charge is 0.463 e. The summed E-state index contributed by atoms with van der Waals surface area (Å²) < 4.78 is 28.3. The first kappa shape index (κ1) is 24.9. The van der Waals surface area contributed by atoms with E-state index in [1.54, 1.807) is 30.3 Å². The van der Waals surface area contributed by atoms with Gasteiger partial charge in [0, 0.05) is 16.5 Å². The molecule has 6 rings (SSSR count). The van der Waals surface area contributed by atoms with Crippen LogP contribution in [0.4, 0.5) is 0 Å². The molecular formula is C27H26O11. The average Bonchev–Trinajstić information content (AvgIpc) is 3.56. The molecule has 3 aromatic rings. The number of rotatable bonds is 6. The summed E-state index contributed by atoms with van der Waals surface area (Å²) in [6.07, 6.45) is -3.63. The molecule has 3 aromatic carbocycles. The van der Waals surface area contributed by atoms with Gasteiger partial charge in [0.15, 0.2) is 11.5 Å². The highest BCUT2D eigenvalue weighted by Gasteiger charge is 2.41. The molecule has 0 aliphatic carbocycles. The Morgan fingerprint density at radius 1 is 0.895 bits per heavy atom. The van der Waals surface area contributed by atoms with E-state index >= 15 is 0 Å². The summed E-state index contributed by atoms with van der Waals surface area (Å²) in [6.45, 7) is -1.48. The van der Waals surface area contributed by atoms with Gasteiger partial charge < -0.3 is 49.2 Å². The maximum Gasteiger partial charge on any atom is 0.339 e. The molecule has 3 heterocycles. The molecule has 3 aliphatic rings. The van der Waals surface area contributed by atoms with E-state index in [-0.39, 0.29) is 44.5 Å². The fourth-order valence-electron chi connectivity index (χ4n) is 5.29. The molecule has 200 valence electrons. The summed E-state index contributed by atoms with van der Waals surface area (Å²) in [5.41, 5.74) is 2.76. The fraction of sp³-hybridized carbons (Fsp3) is 0.370. The Bertz CT molecular complexity index is 1420. The zero-order valence-electron chi connectivity index (χ0n) is 20.1. The van der Waals surface area contributed by atoms with Gasteiger partial charge in [0.1, 0.15) is 18.5 Å². The van der Waals surface area contributed by atoms with E-state index in [0.29, 0.717) is 50.1 Å². The van der Waals surface area contributed by atoms with Gasteiger partial charge in [0.05, 0.1) is 44.0 Å². The summed E-state index contributed by atoms with van der Waals surface area (Å²) in [5.74, 6) is -0.239. The predicted molar refractivity (Wildman–Crippen MR) is 129 cm³/mol. The number of ether oxygens (including phenoxy) is 5. The standard InChI is InChI=1S/C27H26O11/c28-6-13-3-15-16(4-14(13)7-29)25(38-27-17(8-30)24(32)19(31)10-35-27)18-9-34-26(33)23(18)22(15)12-1-2-20-21(5-12)37-11-36-20/h1-5,17,19,24,27-32H,6-11H2/t17-,19+,24-,27+/m1/s1.